The number of nitrogens with zero attached hydrogens (tertiary/aromatic N) is 3. The van der Waals surface area contributed by atoms with Crippen LogP contribution in [-0.4, -0.2) is 46.6 Å². The Morgan fingerprint density at radius 3 is 3.11 bits per heavy atom. The molecule has 1 N–H and O–H groups in total. The van der Waals surface area contributed by atoms with Crippen LogP contribution < -0.4 is 5.32 Å². The fraction of sp³-hybridized carbons (Fsp3) is 0.750. The molecule has 0 saturated carbocycles. The van der Waals surface area contributed by atoms with Crippen LogP contribution in [0.25, 0.3) is 0 Å². The lowest BCUT2D eigenvalue weighted by Crippen LogP contribution is -2.52. The molecule has 1 aromatic heterocycles. The molecule has 1 saturated heterocycles. The van der Waals surface area contributed by atoms with Crippen molar-refractivity contribution in [3.8, 4) is 0 Å². The van der Waals surface area contributed by atoms with Gasteiger partial charge in [-0.05, 0) is 20.3 Å². The van der Waals surface area contributed by atoms with Crippen LogP contribution in [0.15, 0.2) is 4.52 Å². The minimum absolute atomic E-state index is 0.222. The van der Waals surface area contributed by atoms with Gasteiger partial charge in [0.2, 0.25) is 11.8 Å². The van der Waals surface area contributed by atoms with E-state index in [-0.39, 0.29) is 11.9 Å². The van der Waals surface area contributed by atoms with E-state index in [1.54, 1.807) is 6.92 Å². The zero-order valence-electron chi connectivity index (χ0n) is 11.0. The second kappa shape index (κ2) is 5.95. The Morgan fingerprint density at radius 1 is 1.61 bits per heavy atom. The highest BCUT2D eigenvalue weighted by Gasteiger charge is 2.22. The number of hydrogen-bond acceptors (Lipinski definition) is 5. The lowest BCUT2D eigenvalue weighted by atomic mass is 10.1. The van der Waals surface area contributed by atoms with Crippen molar-refractivity contribution in [3.63, 3.8) is 0 Å². The van der Waals surface area contributed by atoms with E-state index < -0.39 is 0 Å². The van der Waals surface area contributed by atoms with Gasteiger partial charge in [-0.1, -0.05) is 5.16 Å². The number of amides is 1. The van der Waals surface area contributed by atoms with E-state index in [1.165, 1.54) is 0 Å². The van der Waals surface area contributed by atoms with Gasteiger partial charge in [-0.25, -0.2) is 0 Å². The van der Waals surface area contributed by atoms with E-state index >= 15 is 0 Å². The Hall–Kier alpha value is -1.43. The summed E-state index contributed by atoms with van der Waals surface area (Å²) in [5.74, 6) is 1.49. The van der Waals surface area contributed by atoms with Gasteiger partial charge in [0.15, 0.2) is 5.82 Å². The van der Waals surface area contributed by atoms with Crippen molar-refractivity contribution < 1.29 is 9.32 Å². The van der Waals surface area contributed by atoms with Crippen LogP contribution in [0.1, 0.15) is 31.5 Å². The lowest BCUT2D eigenvalue weighted by molar-refractivity contribution is -0.134. The minimum atomic E-state index is 0.222. The monoisotopic (exact) mass is 252 g/mol. The topological polar surface area (TPSA) is 71.3 Å². The molecule has 100 valence electrons. The van der Waals surface area contributed by atoms with Crippen molar-refractivity contribution in [3.05, 3.63) is 11.7 Å². The Labute approximate surface area is 107 Å². The van der Waals surface area contributed by atoms with Crippen molar-refractivity contribution in [1.29, 1.82) is 0 Å². The van der Waals surface area contributed by atoms with Crippen molar-refractivity contribution in [1.82, 2.24) is 20.4 Å². The van der Waals surface area contributed by atoms with Gasteiger partial charge < -0.3 is 14.7 Å². The van der Waals surface area contributed by atoms with Gasteiger partial charge in [-0.15, -0.1) is 0 Å². The number of nitrogens with one attached hydrogen (secondary N) is 1. The predicted octanol–water partition coefficient (Wildman–Crippen LogP) is 0.521. The van der Waals surface area contributed by atoms with Crippen molar-refractivity contribution in [2.75, 3.05) is 19.6 Å². The van der Waals surface area contributed by atoms with E-state index in [0.29, 0.717) is 24.6 Å². The maximum absolute atomic E-state index is 12.0. The first kappa shape index (κ1) is 13.0. The molecule has 1 aliphatic rings. The molecule has 2 rings (SSSR count). The average molecular weight is 252 g/mol. The van der Waals surface area contributed by atoms with Crippen molar-refractivity contribution in [2.45, 2.75) is 39.2 Å². The summed E-state index contributed by atoms with van der Waals surface area (Å²) in [6.45, 7) is 6.44. The summed E-state index contributed by atoms with van der Waals surface area (Å²) in [5.41, 5.74) is 0. The first-order valence-electron chi connectivity index (χ1n) is 6.46. The van der Waals surface area contributed by atoms with E-state index in [9.17, 15) is 4.79 Å². The number of carbonyl (C=O) groups is 1. The summed E-state index contributed by atoms with van der Waals surface area (Å²) < 4.78 is 5.02. The number of carbonyl (C=O) groups excluding carboxylic acids is 1. The van der Waals surface area contributed by atoms with Crippen LogP contribution in [0.3, 0.4) is 0 Å². The molecule has 0 spiro atoms. The second-order valence-electron chi connectivity index (χ2n) is 4.73. The fourth-order valence-electron chi connectivity index (χ4n) is 2.19. The molecule has 0 radical (unpaired) electrons. The van der Waals surface area contributed by atoms with Crippen molar-refractivity contribution in [2.24, 2.45) is 0 Å². The van der Waals surface area contributed by atoms with Gasteiger partial charge in [0.25, 0.3) is 0 Å². The normalized spacial score (nSPS) is 20.1. The van der Waals surface area contributed by atoms with E-state index in [2.05, 4.69) is 22.4 Å². The zero-order chi connectivity index (χ0) is 13.0. The summed E-state index contributed by atoms with van der Waals surface area (Å²) in [5, 5.41) is 7.00. The summed E-state index contributed by atoms with van der Waals surface area (Å²) in [6, 6.07) is 0.289. The number of aromatic nitrogens is 2. The SMILES string of the molecule is Cc1noc(CCCC(=O)N2CCNC[C@H]2C)n1. The standard InChI is InChI=1S/C12H20N4O2/c1-9-8-13-6-7-16(9)12(17)5-3-4-11-14-10(2)15-18-11/h9,13H,3-8H2,1-2H3/t9-/m1/s1. The molecule has 2 heterocycles. The molecule has 0 unspecified atom stereocenters. The molecular formula is C12H20N4O2. The summed E-state index contributed by atoms with van der Waals surface area (Å²) in [4.78, 5) is 18.1. The molecular weight excluding hydrogens is 232 g/mol. The third kappa shape index (κ3) is 3.29. The van der Waals surface area contributed by atoms with Gasteiger partial charge in [0, 0.05) is 38.5 Å². The molecule has 1 aromatic rings. The summed E-state index contributed by atoms with van der Waals surface area (Å²) in [7, 11) is 0. The summed E-state index contributed by atoms with van der Waals surface area (Å²) >= 11 is 0. The molecule has 6 heteroatoms. The van der Waals surface area contributed by atoms with Crippen LogP contribution in [0.4, 0.5) is 0 Å². The Bertz CT molecular complexity index is 405. The highest BCUT2D eigenvalue weighted by atomic mass is 16.5. The Balaban J connectivity index is 1.74. The molecule has 0 bridgehead atoms. The van der Waals surface area contributed by atoms with Crippen LogP contribution in [0.2, 0.25) is 0 Å². The molecule has 6 nitrogen and oxygen atoms in total. The largest absolute Gasteiger partial charge is 0.339 e. The fourth-order valence-corrected chi connectivity index (χ4v) is 2.19. The number of aryl methyl sites for hydroxylation is 2. The number of rotatable bonds is 4. The van der Waals surface area contributed by atoms with Crippen molar-refractivity contribution >= 4 is 5.91 Å². The summed E-state index contributed by atoms with van der Waals surface area (Å²) in [6.07, 6.45) is 1.98. The lowest BCUT2D eigenvalue weighted by Gasteiger charge is -2.34. The first-order valence-corrected chi connectivity index (χ1v) is 6.46. The number of piperazine rings is 1. The molecule has 1 amide bonds. The first-order chi connectivity index (χ1) is 8.66. The maximum atomic E-state index is 12.0. The van der Waals surface area contributed by atoms with Gasteiger partial charge in [-0.2, -0.15) is 4.98 Å². The average Bonchev–Trinajstić information content (AvgIpc) is 2.75. The van der Waals surface area contributed by atoms with E-state index in [1.807, 2.05) is 4.90 Å². The molecule has 1 fully saturated rings. The Morgan fingerprint density at radius 2 is 2.44 bits per heavy atom. The molecule has 1 atom stereocenters. The zero-order valence-corrected chi connectivity index (χ0v) is 11.0. The van der Waals surface area contributed by atoms with Crippen LogP contribution in [0, 0.1) is 6.92 Å². The van der Waals surface area contributed by atoms with E-state index in [4.69, 9.17) is 4.52 Å². The van der Waals surface area contributed by atoms with Gasteiger partial charge >= 0.3 is 0 Å². The van der Waals surface area contributed by atoms with Gasteiger partial charge in [0.1, 0.15) is 0 Å². The molecule has 0 aromatic carbocycles. The van der Waals surface area contributed by atoms with E-state index in [0.717, 1.165) is 26.1 Å². The second-order valence-corrected chi connectivity index (χ2v) is 4.73. The van der Waals surface area contributed by atoms with Gasteiger partial charge in [-0.3, -0.25) is 4.79 Å². The van der Waals surface area contributed by atoms with Crippen LogP contribution in [0.5, 0.6) is 0 Å². The highest BCUT2D eigenvalue weighted by molar-refractivity contribution is 5.76. The highest BCUT2D eigenvalue weighted by Crippen LogP contribution is 2.08. The smallest absolute Gasteiger partial charge is 0.226 e. The third-order valence-electron chi connectivity index (χ3n) is 3.17. The Kier molecular flexibility index (Phi) is 4.30. The van der Waals surface area contributed by atoms with Crippen LogP contribution >= 0.6 is 0 Å². The molecule has 1 aliphatic heterocycles. The maximum Gasteiger partial charge on any atom is 0.226 e. The van der Waals surface area contributed by atoms with Crippen LogP contribution in [-0.2, 0) is 11.2 Å². The number of hydrogen-bond donors (Lipinski definition) is 1. The molecule has 0 aliphatic carbocycles. The predicted molar refractivity (Wildman–Crippen MR) is 66.0 cm³/mol. The minimum Gasteiger partial charge on any atom is -0.339 e. The van der Waals surface area contributed by atoms with Gasteiger partial charge in [0.05, 0.1) is 0 Å². The molecule has 18 heavy (non-hydrogen) atoms. The third-order valence-corrected chi connectivity index (χ3v) is 3.17. The quantitative estimate of drug-likeness (QED) is 0.846.